The number of nitrogens with zero attached hydrogens (tertiary/aromatic N) is 1. The minimum atomic E-state index is -1.15. The highest BCUT2D eigenvalue weighted by Crippen LogP contribution is 2.21. The van der Waals surface area contributed by atoms with Crippen molar-refractivity contribution in [3.05, 3.63) is 51.2 Å². The van der Waals surface area contributed by atoms with Crippen molar-refractivity contribution >= 4 is 40.6 Å². The monoisotopic (exact) mass is 324 g/mol. The molecule has 0 spiro atoms. The summed E-state index contributed by atoms with van der Waals surface area (Å²) in [6, 6.07) is 5.86. The van der Waals surface area contributed by atoms with E-state index >= 15 is 0 Å². The number of amides is 2. The highest BCUT2D eigenvalue weighted by Gasteiger charge is 2.15. The summed E-state index contributed by atoms with van der Waals surface area (Å²) < 4.78 is 0. The second-order valence-corrected chi connectivity index (χ2v) is 5.63. The van der Waals surface area contributed by atoms with Gasteiger partial charge in [-0.05, 0) is 40.6 Å². The molecule has 0 radical (unpaired) electrons. The molecule has 110 valence electrons. The van der Waals surface area contributed by atoms with Crippen LogP contribution < -0.4 is 5.32 Å². The molecule has 1 aromatic carbocycles. The lowest BCUT2D eigenvalue weighted by Gasteiger charge is -2.18. The molecule has 21 heavy (non-hydrogen) atoms. The van der Waals surface area contributed by atoms with Crippen LogP contribution in [-0.2, 0) is 6.54 Å². The van der Waals surface area contributed by atoms with E-state index in [9.17, 15) is 9.59 Å². The molecule has 0 bridgehead atoms. The summed E-state index contributed by atoms with van der Waals surface area (Å²) >= 11 is 7.32. The Morgan fingerprint density at radius 2 is 2.14 bits per heavy atom. The van der Waals surface area contributed by atoms with Crippen molar-refractivity contribution in [3.63, 3.8) is 0 Å². The number of aromatic carboxylic acids is 1. The Bertz CT molecular complexity index is 658. The van der Waals surface area contributed by atoms with E-state index in [1.807, 2.05) is 16.8 Å². The number of halogens is 1. The number of thiophene rings is 1. The van der Waals surface area contributed by atoms with Crippen molar-refractivity contribution in [1.29, 1.82) is 0 Å². The summed E-state index contributed by atoms with van der Waals surface area (Å²) in [6.07, 6.45) is 0. The molecule has 0 aliphatic rings. The number of carboxylic acids is 1. The second kappa shape index (κ2) is 6.60. The molecule has 2 amide bonds. The van der Waals surface area contributed by atoms with Crippen molar-refractivity contribution in [1.82, 2.24) is 4.90 Å². The normalized spacial score (nSPS) is 10.2. The van der Waals surface area contributed by atoms with Gasteiger partial charge in [0, 0.05) is 18.6 Å². The van der Waals surface area contributed by atoms with E-state index in [2.05, 4.69) is 5.32 Å². The Kier molecular flexibility index (Phi) is 4.82. The van der Waals surface area contributed by atoms with Crippen LogP contribution >= 0.6 is 22.9 Å². The third-order valence-corrected chi connectivity index (χ3v) is 3.77. The first kappa shape index (κ1) is 15.3. The van der Waals surface area contributed by atoms with E-state index in [1.165, 1.54) is 23.1 Å². The van der Waals surface area contributed by atoms with Gasteiger partial charge in [0.25, 0.3) is 0 Å². The molecule has 0 aliphatic heterocycles. The lowest BCUT2D eigenvalue weighted by atomic mass is 10.2. The highest BCUT2D eigenvalue weighted by molar-refractivity contribution is 7.07. The van der Waals surface area contributed by atoms with Gasteiger partial charge in [0.1, 0.15) is 0 Å². The molecule has 5 nitrogen and oxygen atoms in total. The van der Waals surface area contributed by atoms with Crippen molar-refractivity contribution in [3.8, 4) is 0 Å². The van der Waals surface area contributed by atoms with E-state index in [0.29, 0.717) is 11.6 Å². The van der Waals surface area contributed by atoms with Gasteiger partial charge in [0.15, 0.2) is 0 Å². The average Bonchev–Trinajstić information content (AvgIpc) is 2.93. The predicted octanol–water partition coefficient (Wildman–Crippen LogP) is 3.76. The summed E-state index contributed by atoms with van der Waals surface area (Å²) in [5.74, 6) is -1.15. The number of rotatable bonds is 4. The zero-order valence-electron chi connectivity index (χ0n) is 11.2. The summed E-state index contributed by atoms with van der Waals surface area (Å²) in [6.45, 7) is 0.450. The third-order valence-electron chi connectivity index (χ3n) is 2.80. The first-order valence-electron chi connectivity index (χ1n) is 6.03. The first-order valence-corrected chi connectivity index (χ1v) is 7.35. The smallest absolute Gasteiger partial charge is 0.337 e. The lowest BCUT2D eigenvalue weighted by Crippen LogP contribution is -2.31. The summed E-state index contributed by atoms with van der Waals surface area (Å²) in [5, 5.41) is 15.9. The molecule has 0 unspecified atom stereocenters. The van der Waals surface area contributed by atoms with Gasteiger partial charge >= 0.3 is 12.0 Å². The molecular weight excluding hydrogens is 312 g/mol. The number of carbonyl (C=O) groups excluding carboxylic acids is 1. The number of carbonyl (C=O) groups is 2. The van der Waals surface area contributed by atoms with Gasteiger partial charge in [0.05, 0.1) is 11.3 Å². The first-order chi connectivity index (χ1) is 9.97. The van der Waals surface area contributed by atoms with Gasteiger partial charge in [-0.25, -0.2) is 9.59 Å². The van der Waals surface area contributed by atoms with Crippen LogP contribution in [0.4, 0.5) is 10.5 Å². The molecule has 1 heterocycles. The number of anilines is 1. The topological polar surface area (TPSA) is 69.6 Å². The van der Waals surface area contributed by atoms with E-state index in [-0.39, 0.29) is 17.3 Å². The Morgan fingerprint density at radius 1 is 1.38 bits per heavy atom. The number of carboxylic acid groups (broad SMARTS) is 1. The third kappa shape index (κ3) is 3.96. The van der Waals surface area contributed by atoms with Gasteiger partial charge in [-0.2, -0.15) is 11.3 Å². The highest BCUT2D eigenvalue weighted by atomic mass is 35.5. The van der Waals surface area contributed by atoms with Gasteiger partial charge < -0.3 is 15.3 Å². The summed E-state index contributed by atoms with van der Waals surface area (Å²) in [4.78, 5) is 24.7. The number of benzene rings is 1. The molecule has 2 rings (SSSR count). The Morgan fingerprint density at radius 3 is 2.76 bits per heavy atom. The maximum atomic E-state index is 12.1. The van der Waals surface area contributed by atoms with E-state index < -0.39 is 5.97 Å². The van der Waals surface area contributed by atoms with E-state index in [4.69, 9.17) is 16.7 Å². The molecule has 2 aromatic rings. The fourth-order valence-electron chi connectivity index (χ4n) is 1.74. The van der Waals surface area contributed by atoms with Crippen molar-refractivity contribution in [2.24, 2.45) is 0 Å². The molecule has 0 saturated carbocycles. The Balaban J connectivity index is 2.10. The van der Waals surface area contributed by atoms with Crippen LogP contribution in [0.2, 0.25) is 5.02 Å². The largest absolute Gasteiger partial charge is 0.478 e. The quantitative estimate of drug-likeness (QED) is 0.899. The molecule has 0 atom stereocenters. The van der Waals surface area contributed by atoms with Crippen LogP contribution in [0.3, 0.4) is 0 Å². The number of hydrogen-bond donors (Lipinski definition) is 2. The van der Waals surface area contributed by atoms with Gasteiger partial charge in [-0.3, -0.25) is 0 Å². The predicted molar refractivity (Wildman–Crippen MR) is 83.2 cm³/mol. The standard InChI is InChI=1S/C14H13ClN2O3S/c1-17(7-9-4-5-21-8-9)14(20)16-12-3-2-10(15)6-11(12)13(18)19/h2-6,8H,7H2,1H3,(H,16,20)(H,18,19). The van der Waals surface area contributed by atoms with Gasteiger partial charge in [-0.15, -0.1) is 0 Å². The Labute approximate surface area is 130 Å². The van der Waals surface area contributed by atoms with E-state index in [0.717, 1.165) is 5.56 Å². The molecule has 0 fully saturated rings. The number of nitrogens with one attached hydrogen (secondary N) is 1. The number of hydrogen-bond acceptors (Lipinski definition) is 3. The van der Waals surface area contributed by atoms with Crippen molar-refractivity contribution in [2.45, 2.75) is 6.54 Å². The van der Waals surface area contributed by atoms with Crippen LogP contribution in [0, 0.1) is 0 Å². The van der Waals surface area contributed by atoms with Gasteiger partial charge in [0.2, 0.25) is 0 Å². The average molecular weight is 325 g/mol. The second-order valence-electron chi connectivity index (χ2n) is 4.41. The summed E-state index contributed by atoms with van der Waals surface area (Å²) in [5.41, 5.74) is 1.20. The maximum absolute atomic E-state index is 12.1. The van der Waals surface area contributed by atoms with Crippen LogP contribution in [0.25, 0.3) is 0 Å². The van der Waals surface area contributed by atoms with Gasteiger partial charge in [-0.1, -0.05) is 11.6 Å². The molecule has 0 saturated heterocycles. The molecule has 1 aromatic heterocycles. The molecular formula is C14H13ClN2O3S. The fraction of sp³-hybridized carbons (Fsp3) is 0.143. The number of urea groups is 1. The molecule has 0 aliphatic carbocycles. The fourth-order valence-corrected chi connectivity index (χ4v) is 2.57. The maximum Gasteiger partial charge on any atom is 0.337 e. The van der Waals surface area contributed by atoms with Crippen molar-refractivity contribution in [2.75, 3.05) is 12.4 Å². The minimum Gasteiger partial charge on any atom is -0.478 e. The van der Waals surface area contributed by atoms with Crippen LogP contribution in [0.15, 0.2) is 35.0 Å². The minimum absolute atomic E-state index is 0.0419. The van der Waals surface area contributed by atoms with Crippen molar-refractivity contribution < 1.29 is 14.7 Å². The van der Waals surface area contributed by atoms with Crippen LogP contribution in [0.5, 0.6) is 0 Å². The SMILES string of the molecule is CN(Cc1ccsc1)C(=O)Nc1ccc(Cl)cc1C(=O)O. The van der Waals surface area contributed by atoms with Crippen LogP contribution in [0.1, 0.15) is 15.9 Å². The Hall–Kier alpha value is -2.05. The lowest BCUT2D eigenvalue weighted by molar-refractivity contribution is 0.0698. The summed E-state index contributed by atoms with van der Waals surface area (Å²) in [7, 11) is 1.64. The zero-order valence-corrected chi connectivity index (χ0v) is 12.7. The van der Waals surface area contributed by atoms with E-state index in [1.54, 1.807) is 18.4 Å². The zero-order chi connectivity index (χ0) is 15.4. The molecule has 2 N–H and O–H groups in total. The van der Waals surface area contributed by atoms with Crippen LogP contribution in [-0.4, -0.2) is 29.1 Å². The molecule has 7 heteroatoms.